The molecule has 1 amide bonds. The van der Waals surface area contributed by atoms with Gasteiger partial charge >= 0.3 is 6.18 Å². The van der Waals surface area contributed by atoms with Crippen molar-refractivity contribution in [2.24, 2.45) is 5.10 Å². The molecule has 0 saturated heterocycles. The zero-order chi connectivity index (χ0) is 29.4. The number of hydrogen-bond donors (Lipinski definition) is 2. The first-order valence-electron chi connectivity index (χ1n) is 12.1. The molecule has 7 nitrogen and oxygen atoms in total. The van der Waals surface area contributed by atoms with Crippen LogP contribution in [0, 0.1) is 0 Å². The van der Waals surface area contributed by atoms with Gasteiger partial charge < -0.3 is 14.8 Å². The molecule has 0 atom stereocenters. The molecule has 0 bridgehead atoms. The van der Waals surface area contributed by atoms with E-state index in [1.54, 1.807) is 29.6 Å². The van der Waals surface area contributed by atoms with Gasteiger partial charge in [-0.3, -0.25) is 4.79 Å². The first-order chi connectivity index (χ1) is 19.6. The average Bonchev–Trinajstić information content (AvgIpc) is 3.36. The van der Waals surface area contributed by atoms with Crippen LogP contribution in [0.25, 0.3) is 0 Å². The summed E-state index contributed by atoms with van der Waals surface area (Å²) in [5.41, 5.74) is 3.97. The number of alkyl halides is 3. The molecular weight excluding hydrogens is 645 g/mol. The summed E-state index contributed by atoms with van der Waals surface area (Å²) in [7, 11) is 0. The minimum Gasteiger partial charge on any atom is -0.490 e. The number of anilines is 2. The van der Waals surface area contributed by atoms with Crippen LogP contribution in [0.1, 0.15) is 29.3 Å². The predicted octanol–water partition coefficient (Wildman–Crippen LogP) is 7.99. The predicted molar refractivity (Wildman–Crippen MR) is 157 cm³/mol. The van der Waals surface area contributed by atoms with Crippen molar-refractivity contribution in [3.05, 3.63) is 97.9 Å². The molecular formula is C28H23BrClF3N4O3S. The van der Waals surface area contributed by atoms with Crippen molar-refractivity contribution < 1.29 is 27.4 Å². The molecule has 0 spiro atoms. The van der Waals surface area contributed by atoms with Gasteiger partial charge in [0.05, 0.1) is 30.5 Å². The molecule has 41 heavy (non-hydrogen) atoms. The van der Waals surface area contributed by atoms with Crippen LogP contribution >= 0.6 is 38.9 Å². The Balaban J connectivity index is 1.34. The fourth-order valence-electron chi connectivity index (χ4n) is 3.49. The summed E-state index contributed by atoms with van der Waals surface area (Å²) in [5, 5.41) is 9.51. The number of hydrazone groups is 1. The molecule has 0 aliphatic heterocycles. The second-order valence-corrected chi connectivity index (χ2v) is 10.6. The molecule has 3 aromatic carbocycles. The van der Waals surface area contributed by atoms with E-state index in [1.165, 1.54) is 29.7 Å². The highest BCUT2D eigenvalue weighted by Gasteiger charge is 2.30. The van der Waals surface area contributed by atoms with Crippen LogP contribution in [0.3, 0.4) is 0 Å². The van der Waals surface area contributed by atoms with Gasteiger partial charge in [0.2, 0.25) is 5.91 Å². The van der Waals surface area contributed by atoms with Crippen LogP contribution in [0.15, 0.2) is 75.6 Å². The summed E-state index contributed by atoms with van der Waals surface area (Å²) < 4.78 is 51.2. The normalized spacial score (nSPS) is 11.5. The zero-order valence-electron chi connectivity index (χ0n) is 21.5. The van der Waals surface area contributed by atoms with Crippen molar-refractivity contribution in [3.63, 3.8) is 0 Å². The lowest BCUT2D eigenvalue weighted by Crippen LogP contribution is -2.20. The number of hydrogen-bond acceptors (Lipinski definition) is 7. The van der Waals surface area contributed by atoms with E-state index in [0.29, 0.717) is 50.6 Å². The lowest BCUT2D eigenvalue weighted by atomic mass is 10.2. The quantitative estimate of drug-likeness (QED) is 0.125. The largest absolute Gasteiger partial charge is 0.490 e. The van der Waals surface area contributed by atoms with Crippen LogP contribution in [0.2, 0.25) is 5.02 Å². The van der Waals surface area contributed by atoms with Crippen molar-refractivity contribution in [2.75, 3.05) is 11.9 Å². The zero-order valence-corrected chi connectivity index (χ0v) is 24.6. The molecule has 2 N–H and O–H groups in total. The maximum absolute atomic E-state index is 12.9. The van der Waals surface area contributed by atoms with Gasteiger partial charge in [0.1, 0.15) is 6.61 Å². The Hall–Kier alpha value is -3.61. The number of benzene rings is 3. The molecule has 214 valence electrons. The van der Waals surface area contributed by atoms with Crippen molar-refractivity contribution in [1.29, 1.82) is 0 Å². The van der Waals surface area contributed by atoms with Gasteiger partial charge in [0, 0.05) is 26.1 Å². The number of amides is 1. The summed E-state index contributed by atoms with van der Waals surface area (Å²) in [6, 6.07) is 15.6. The minimum atomic E-state index is -4.45. The van der Waals surface area contributed by atoms with Gasteiger partial charge in [-0.15, -0.1) is 11.3 Å². The molecule has 0 fully saturated rings. The van der Waals surface area contributed by atoms with Crippen LogP contribution in [-0.2, 0) is 24.0 Å². The molecule has 4 aromatic rings. The number of rotatable bonds is 11. The van der Waals surface area contributed by atoms with E-state index in [0.717, 1.165) is 17.7 Å². The summed E-state index contributed by atoms with van der Waals surface area (Å²) in [6.07, 6.45) is -3.05. The smallest absolute Gasteiger partial charge is 0.416 e. The van der Waals surface area contributed by atoms with E-state index in [-0.39, 0.29) is 12.1 Å². The molecule has 0 unspecified atom stereocenters. The van der Waals surface area contributed by atoms with Gasteiger partial charge in [-0.05, 0) is 70.9 Å². The molecule has 13 heteroatoms. The molecule has 4 rings (SSSR count). The first-order valence-corrected chi connectivity index (χ1v) is 14.2. The lowest BCUT2D eigenvalue weighted by molar-refractivity contribution is -0.137. The van der Waals surface area contributed by atoms with Crippen molar-refractivity contribution in [1.82, 2.24) is 10.4 Å². The van der Waals surface area contributed by atoms with Crippen molar-refractivity contribution in [2.45, 2.75) is 26.1 Å². The number of nitrogens with zero attached hydrogens (tertiary/aromatic N) is 2. The monoisotopic (exact) mass is 666 g/mol. The molecule has 0 saturated carbocycles. The Kier molecular flexibility index (Phi) is 10.2. The number of ether oxygens (including phenoxy) is 2. The van der Waals surface area contributed by atoms with E-state index < -0.39 is 17.6 Å². The fraction of sp³-hybridized carbons (Fsp3) is 0.179. The Bertz CT molecular complexity index is 1530. The number of nitrogens with one attached hydrogen (secondary N) is 2. The third kappa shape index (κ3) is 8.94. The highest BCUT2D eigenvalue weighted by atomic mass is 79.9. The second-order valence-electron chi connectivity index (χ2n) is 8.49. The SMILES string of the molecule is CCOc1cc(/C=N\NC(=O)Cc2csc(Nc3cccc(C(F)(F)F)c3)n2)c(Br)cc1OCc1ccc(Cl)cc1. The lowest BCUT2D eigenvalue weighted by Gasteiger charge is -2.14. The van der Waals surface area contributed by atoms with Gasteiger partial charge in [-0.1, -0.05) is 29.8 Å². The van der Waals surface area contributed by atoms with Crippen molar-refractivity contribution >= 4 is 61.8 Å². The second kappa shape index (κ2) is 13.8. The summed E-state index contributed by atoms with van der Waals surface area (Å²) >= 11 is 10.6. The number of halogens is 5. The number of thiazole rings is 1. The Morgan fingerprint density at radius 1 is 1.12 bits per heavy atom. The number of carbonyl (C=O) groups excluding carboxylic acids is 1. The van der Waals surface area contributed by atoms with E-state index in [1.807, 2.05) is 19.1 Å². The average molecular weight is 668 g/mol. The summed E-state index contributed by atoms with van der Waals surface area (Å²) in [4.78, 5) is 16.7. The van der Waals surface area contributed by atoms with Crippen LogP contribution in [0.5, 0.6) is 11.5 Å². The van der Waals surface area contributed by atoms with Crippen LogP contribution in [-0.4, -0.2) is 23.7 Å². The van der Waals surface area contributed by atoms with E-state index in [9.17, 15) is 18.0 Å². The number of aromatic nitrogens is 1. The van der Waals surface area contributed by atoms with Gasteiger partial charge in [-0.25, -0.2) is 10.4 Å². The summed E-state index contributed by atoms with van der Waals surface area (Å²) in [5.74, 6) is 0.634. The third-order valence-corrected chi connectivity index (χ3v) is 7.14. The fourth-order valence-corrected chi connectivity index (χ4v) is 4.77. The van der Waals surface area contributed by atoms with Gasteiger partial charge in [0.25, 0.3) is 0 Å². The highest BCUT2D eigenvalue weighted by Crippen LogP contribution is 2.34. The maximum Gasteiger partial charge on any atom is 0.416 e. The van der Waals surface area contributed by atoms with E-state index in [4.69, 9.17) is 21.1 Å². The Morgan fingerprint density at radius 2 is 1.88 bits per heavy atom. The molecule has 0 aliphatic carbocycles. The van der Waals surface area contributed by atoms with E-state index >= 15 is 0 Å². The minimum absolute atomic E-state index is 0.0685. The van der Waals surface area contributed by atoms with E-state index in [2.05, 4.69) is 36.8 Å². The molecule has 0 radical (unpaired) electrons. The third-order valence-electron chi connectivity index (χ3n) is 5.40. The summed E-state index contributed by atoms with van der Waals surface area (Å²) in [6.45, 7) is 2.60. The van der Waals surface area contributed by atoms with Crippen molar-refractivity contribution in [3.8, 4) is 11.5 Å². The standard InChI is InChI=1S/C28H23BrClF3N4O3S/c1-2-39-24-10-18(23(29)13-25(24)40-15-17-6-8-20(30)9-7-17)14-34-37-26(38)12-22-16-41-27(36-22)35-21-5-3-4-19(11-21)28(31,32)33/h3-11,13-14,16H,2,12,15H2,1H3,(H,35,36)(H,37,38)/b34-14-. The molecule has 1 heterocycles. The Labute approximate surface area is 251 Å². The maximum atomic E-state index is 12.9. The number of carbonyl (C=O) groups is 1. The molecule has 1 aromatic heterocycles. The molecule has 0 aliphatic rings. The van der Waals surface area contributed by atoms with Crippen LogP contribution < -0.4 is 20.2 Å². The van der Waals surface area contributed by atoms with Gasteiger partial charge in [-0.2, -0.15) is 18.3 Å². The van der Waals surface area contributed by atoms with Crippen LogP contribution in [0.4, 0.5) is 24.0 Å². The Morgan fingerprint density at radius 3 is 2.61 bits per heavy atom. The first kappa shape index (κ1) is 30.4. The van der Waals surface area contributed by atoms with Gasteiger partial charge in [0.15, 0.2) is 16.6 Å². The highest BCUT2D eigenvalue weighted by molar-refractivity contribution is 9.10. The topological polar surface area (TPSA) is 84.8 Å².